The zero-order valence-corrected chi connectivity index (χ0v) is 26.4. The molecule has 0 heterocycles. The standard InChI is InChI=1S/C34H35N5O9/c1-38(2)24-16-12-13-18(37-33(47)36-17-11-7-9-14-8-5-6-10-15(14)17)26(40)19(16)27(41)21-20(24)28(42)23-25(39(3)4)29(43)22(32(35)46)31(45)34(23,48)30(21)44/h5-13,20,23-25,28,40-42,45,48H,1-4H3,(H2,35,46)(H2,36,37,47)/t20-,23+,24?,25-,28-,34-/m0/s1. The van der Waals surface area contributed by atoms with Crippen LogP contribution in [0.15, 0.2) is 71.5 Å². The van der Waals surface area contributed by atoms with Crippen molar-refractivity contribution in [3.63, 3.8) is 0 Å². The fourth-order valence-electron chi connectivity index (χ4n) is 7.59. The van der Waals surface area contributed by atoms with Crippen LogP contribution in [-0.2, 0) is 14.4 Å². The molecule has 48 heavy (non-hydrogen) atoms. The van der Waals surface area contributed by atoms with Crippen molar-refractivity contribution < 1.29 is 44.7 Å². The van der Waals surface area contributed by atoms with Crippen molar-refractivity contribution in [2.24, 2.45) is 17.6 Å². The van der Waals surface area contributed by atoms with E-state index < -0.39 is 87.5 Å². The molecule has 0 saturated heterocycles. The zero-order chi connectivity index (χ0) is 35.0. The number of nitrogens with one attached hydrogen (secondary N) is 2. The fourth-order valence-corrected chi connectivity index (χ4v) is 7.59. The van der Waals surface area contributed by atoms with Crippen molar-refractivity contribution in [3.05, 3.63) is 82.6 Å². The summed E-state index contributed by atoms with van der Waals surface area (Å²) in [6.45, 7) is 0. The second kappa shape index (κ2) is 11.5. The number of nitrogens with two attached hydrogens (primary N) is 1. The number of aliphatic hydroxyl groups is 4. The van der Waals surface area contributed by atoms with E-state index >= 15 is 0 Å². The van der Waals surface area contributed by atoms with E-state index in [4.69, 9.17) is 5.73 Å². The van der Waals surface area contributed by atoms with Gasteiger partial charge in [0.2, 0.25) is 5.78 Å². The number of carbonyl (C=O) groups excluding carboxylic acids is 4. The number of phenolic OH excluding ortho intramolecular Hbond substituents is 1. The van der Waals surface area contributed by atoms with Crippen LogP contribution in [0.25, 0.3) is 16.5 Å². The van der Waals surface area contributed by atoms with Gasteiger partial charge in [-0.25, -0.2) is 4.79 Å². The molecule has 3 aliphatic carbocycles. The molecule has 1 fully saturated rings. The number of benzene rings is 3. The number of carbonyl (C=O) groups is 4. The lowest BCUT2D eigenvalue weighted by Gasteiger charge is -2.54. The quantitative estimate of drug-likeness (QED) is 0.146. The molecule has 6 rings (SSSR count). The minimum absolute atomic E-state index is 0.135. The molecular weight excluding hydrogens is 622 g/mol. The van der Waals surface area contributed by atoms with E-state index in [0.717, 1.165) is 10.8 Å². The van der Waals surface area contributed by atoms with Gasteiger partial charge in [-0.05, 0) is 51.3 Å². The van der Waals surface area contributed by atoms with Crippen LogP contribution in [0.5, 0.6) is 5.75 Å². The Morgan fingerprint density at radius 3 is 2.12 bits per heavy atom. The van der Waals surface area contributed by atoms with Gasteiger partial charge in [0.25, 0.3) is 5.91 Å². The number of urea groups is 1. The second-order valence-electron chi connectivity index (χ2n) is 12.7. The molecule has 1 unspecified atom stereocenters. The number of amides is 3. The summed E-state index contributed by atoms with van der Waals surface area (Å²) in [6, 6.07) is 12.6. The number of hydrogen-bond donors (Lipinski definition) is 8. The number of nitrogens with zero attached hydrogens (tertiary/aromatic N) is 2. The molecule has 3 aromatic carbocycles. The van der Waals surface area contributed by atoms with E-state index in [0.29, 0.717) is 5.69 Å². The first-order valence-electron chi connectivity index (χ1n) is 15.0. The number of anilines is 2. The highest BCUT2D eigenvalue weighted by Gasteiger charge is 2.68. The SMILES string of the molecule is CN(C)C1c2ccc(NC(=O)Nc3cccc4ccccc34)c(O)c2C(O)=C2C(=O)[C@]3(O)C(O)=C(C(N)=O)C(=O)[C@@H](N(C)C)[C@@H]3[C@@H](O)[C@@H]21. The van der Waals surface area contributed by atoms with E-state index in [1.807, 2.05) is 30.3 Å². The predicted octanol–water partition coefficient (Wildman–Crippen LogP) is 1.79. The maximum atomic E-state index is 14.4. The number of aliphatic hydroxyl groups excluding tert-OH is 3. The number of hydrogen-bond acceptors (Lipinski definition) is 11. The maximum Gasteiger partial charge on any atom is 0.323 e. The summed E-state index contributed by atoms with van der Waals surface area (Å²) in [6.07, 6.45) is -1.76. The van der Waals surface area contributed by atoms with Gasteiger partial charge >= 0.3 is 6.03 Å². The Morgan fingerprint density at radius 2 is 1.48 bits per heavy atom. The second-order valence-corrected chi connectivity index (χ2v) is 12.7. The Balaban J connectivity index is 1.47. The van der Waals surface area contributed by atoms with Crippen LogP contribution in [0.1, 0.15) is 17.2 Å². The lowest BCUT2D eigenvalue weighted by Crippen LogP contribution is -2.71. The predicted molar refractivity (Wildman–Crippen MR) is 175 cm³/mol. The lowest BCUT2D eigenvalue weighted by molar-refractivity contribution is -0.171. The van der Waals surface area contributed by atoms with Gasteiger partial charge in [0.15, 0.2) is 11.4 Å². The number of rotatable bonds is 5. The number of fused-ring (bicyclic) bond motifs is 4. The van der Waals surface area contributed by atoms with E-state index in [2.05, 4.69) is 10.6 Å². The van der Waals surface area contributed by atoms with E-state index in [-0.39, 0.29) is 16.8 Å². The maximum absolute atomic E-state index is 14.4. The average Bonchev–Trinajstić information content (AvgIpc) is 3.02. The number of aromatic hydroxyl groups is 1. The molecule has 14 heteroatoms. The minimum Gasteiger partial charge on any atom is -0.508 e. The summed E-state index contributed by atoms with van der Waals surface area (Å²) >= 11 is 0. The van der Waals surface area contributed by atoms with Crippen molar-refractivity contribution in [3.8, 4) is 5.75 Å². The van der Waals surface area contributed by atoms with Crippen molar-refractivity contribution >= 4 is 51.4 Å². The molecular formula is C34H35N5O9. The van der Waals surface area contributed by atoms with Crippen LogP contribution < -0.4 is 16.4 Å². The molecule has 0 aliphatic heterocycles. The molecule has 3 aromatic rings. The fraction of sp³-hybridized carbons (Fsp3) is 0.294. The van der Waals surface area contributed by atoms with Crippen molar-refractivity contribution in [2.75, 3.05) is 38.8 Å². The van der Waals surface area contributed by atoms with E-state index in [9.17, 15) is 44.7 Å². The summed E-state index contributed by atoms with van der Waals surface area (Å²) in [5.41, 5.74) is 1.15. The number of ketones is 2. The van der Waals surface area contributed by atoms with Crippen molar-refractivity contribution in [1.82, 2.24) is 9.80 Å². The zero-order valence-electron chi connectivity index (χ0n) is 26.4. The Labute approximate surface area is 274 Å². The number of Topliss-reactive ketones (excluding diaryl/α,β-unsaturated/α-hetero) is 2. The largest absolute Gasteiger partial charge is 0.508 e. The van der Waals surface area contributed by atoms with Crippen molar-refractivity contribution in [1.29, 1.82) is 0 Å². The topological polar surface area (TPSA) is 226 Å². The van der Waals surface area contributed by atoms with Gasteiger partial charge in [-0.2, -0.15) is 0 Å². The van der Waals surface area contributed by atoms with Gasteiger partial charge in [0.1, 0.15) is 22.8 Å². The van der Waals surface area contributed by atoms with Gasteiger partial charge in [0, 0.05) is 22.9 Å². The third kappa shape index (κ3) is 4.56. The smallest absolute Gasteiger partial charge is 0.323 e. The molecule has 0 aromatic heterocycles. The van der Waals surface area contributed by atoms with Crippen LogP contribution in [0.3, 0.4) is 0 Å². The summed E-state index contributed by atoms with van der Waals surface area (Å²) in [7, 11) is 6.13. The molecule has 9 N–H and O–H groups in total. The highest BCUT2D eigenvalue weighted by atomic mass is 16.4. The summed E-state index contributed by atoms with van der Waals surface area (Å²) in [4.78, 5) is 56.1. The minimum atomic E-state index is -3.05. The molecule has 6 atom stereocenters. The number of phenols is 1. The molecule has 250 valence electrons. The highest BCUT2D eigenvalue weighted by molar-refractivity contribution is 6.24. The lowest BCUT2D eigenvalue weighted by atomic mass is 9.55. The summed E-state index contributed by atoms with van der Waals surface area (Å²) in [5, 5.41) is 65.2. The Kier molecular flexibility index (Phi) is 7.79. The molecule has 0 bridgehead atoms. The molecule has 0 spiro atoms. The third-order valence-corrected chi connectivity index (χ3v) is 9.60. The monoisotopic (exact) mass is 657 g/mol. The van der Waals surface area contributed by atoms with E-state index in [1.165, 1.54) is 31.1 Å². The van der Waals surface area contributed by atoms with Crippen molar-refractivity contribution in [2.45, 2.75) is 23.8 Å². The molecule has 3 aliphatic rings. The van der Waals surface area contributed by atoms with Crippen LogP contribution in [0.2, 0.25) is 0 Å². The van der Waals surface area contributed by atoms with Gasteiger partial charge in [0.05, 0.1) is 35.0 Å². The highest BCUT2D eigenvalue weighted by Crippen LogP contribution is 2.57. The number of primary amides is 1. The Bertz CT molecular complexity index is 1980. The van der Waals surface area contributed by atoms with Gasteiger partial charge in [-0.1, -0.05) is 42.5 Å². The average molecular weight is 658 g/mol. The molecule has 3 amide bonds. The molecule has 1 saturated carbocycles. The first-order chi connectivity index (χ1) is 22.6. The first kappa shape index (κ1) is 32.7. The summed E-state index contributed by atoms with van der Waals surface area (Å²) < 4.78 is 0. The van der Waals surface area contributed by atoms with Gasteiger partial charge in [-0.3, -0.25) is 19.3 Å². The number of likely N-dealkylation sites (N-methyl/N-ethyl adjacent to an activating group) is 1. The van der Waals surface area contributed by atoms with Gasteiger partial charge in [-0.15, -0.1) is 0 Å². The van der Waals surface area contributed by atoms with Crippen LogP contribution in [0, 0.1) is 11.8 Å². The van der Waals surface area contributed by atoms with Crippen LogP contribution in [-0.4, -0.2) is 105 Å². The van der Waals surface area contributed by atoms with E-state index in [1.54, 1.807) is 31.1 Å². The van der Waals surface area contributed by atoms with Crippen LogP contribution >= 0.6 is 0 Å². The Hall–Kier alpha value is -5.28. The third-order valence-electron chi connectivity index (χ3n) is 9.60. The van der Waals surface area contributed by atoms with Gasteiger partial charge < -0.3 is 46.8 Å². The normalized spacial score (nSPS) is 26.8. The van der Waals surface area contributed by atoms with Crippen LogP contribution in [0.4, 0.5) is 16.2 Å². The Morgan fingerprint density at radius 1 is 0.854 bits per heavy atom. The summed E-state index contributed by atoms with van der Waals surface area (Å²) in [5.74, 6) is -9.42. The molecule has 0 radical (unpaired) electrons. The first-order valence-corrected chi connectivity index (χ1v) is 15.0. The molecule has 14 nitrogen and oxygen atoms in total.